The Morgan fingerprint density at radius 3 is 2.87 bits per heavy atom. The predicted octanol–water partition coefficient (Wildman–Crippen LogP) is 4.04. The van der Waals surface area contributed by atoms with Crippen LogP contribution in [0.3, 0.4) is 0 Å². The highest BCUT2D eigenvalue weighted by molar-refractivity contribution is 9.10. The van der Waals surface area contributed by atoms with Crippen molar-refractivity contribution in [2.75, 3.05) is 11.9 Å². The molecule has 0 bridgehead atoms. The lowest BCUT2D eigenvalue weighted by Gasteiger charge is -2.12. The van der Waals surface area contributed by atoms with Gasteiger partial charge in [-0.25, -0.2) is 9.38 Å². The summed E-state index contributed by atoms with van der Waals surface area (Å²) >= 11 is 3.32. The van der Waals surface area contributed by atoms with E-state index in [9.17, 15) is 9.50 Å². The van der Waals surface area contributed by atoms with Crippen molar-refractivity contribution in [1.82, 2.24) is 5.32 Å². The van der Waals surface area contributed by atoms with Crippen LogP contribution in [0.5, 0.6) is 5.75 Å². The zero-order valence-electron chi connectivity index (χ0n) is 12.4. The number of hydrogen-bond acceptors (Lipinski definition) is 2. The highest BCUT2D eigenvalue weighted by Gasteiger charge is 2.04. The summed E-state index contributed by atoms with van der Waals surface area (Å²) in [5.74, 6) is 0.309. The summed E-state index contributed by atoms with van der Waals surface area (Å²) in [5, 5.41) is 15.6. The first-order valence-corrected chi connectivity index (χ1v) is 7.77. The minimum Gasteiger partial charge on any atom is -0.508 e. The molecule has 3 N–H and O–H groups in total. The molecule has 0 heterocycles. The van der Waals surface area contributed by atoms with Gasteiger partial charge in [-0.3, -0.25) is 0 Å². The molecule has 23 heavy (non-hydrogen) atoms. The number of hydrogen-bond donors (Lipinski definition) is 3. The molecule has 0 aliphatic rings. The van der Waals surface area contributed by atoms with E-state index in [0.29, 0.717) is 23.8 Å². The van der Waals surface area contributed by atoms with Crippen LogP contribution in [0.15, 0.2) is 64.6 Å². The molecule has 4 nitrogen and oxygen atoms in total. The maximum absolute atomic E-state index is 13.8. The van der Waals surface area contributed by atoms with Crippen LogP contribution in [0.2, 0.25) is 0 Å². The first kappa shape index (κ1) is 17.0. The maximum atomic E-state index is 13.8. The quantitative estimate of drug-likeness (QED) is 0.418. The fourth-order valence-corrected chi connectivity index (χ4v) is 2.27. The van der Waals surface area contributed by atoms with Gasteiger partial charge in [-0.15, -0.1) is 6.58 Å². The highest BCUT2D eigenvalue weighted by Crippen LogP contribution is 2.17. The lowest BCUT2D eigenvalue weighted by molar-refractivity contribution is 0.475. The fourth-order valence-electron chi connectivity index (χ4n) is 1.86. The Morgan fingerprint density at radius 2 is 2.13 bits per heavy atom. The van der Waals surface area contributed by atoms with Crippen LogP contribution < -0.4 is 10.6 Å². The fraction of sp³-hybridized carbons (Fsp3) is 0.118. The van der Waals surface area contributed by atoms with E-state index in [1.54, 1.807) is 42.5 Å². The molecule has 0 aliphatic carbocycles. The maximum Gasteiger partial charge on any atom is 0.196 e. The number of nitrogens with one attached hydrogen (secondary N) is 2. The lowest BCUT2D eigenvalue weighted by Crippen LogP contribution is -2.31. The Balaban J connectivity index is 2.16. The highest BCUT2D eigenvalue weighted by atomic mass is 79.9. The molecule has 2 aromatic carbocycles. The van der Waals surface area contributed by atoms with Crippen molar-refractivity contribution in [3.8, 4) is 5.75 Å². The van der Waals surface area contributed by atoms with Gasteiger partial charge in [0, 0.05) is 28.3 Å². The molecule has 0 spiro atoms. The van der Waals surface area contributed by atoms with Gasteiger partial charge >= 0.3 is 0 Å². The molecule has 120 valence electrons. The molecular weight excluding hydrogens is 361 g/mol. The van der Waals surface area contributed by atoms with Crippen LogP contribution in [-0.2, 0) is 6.54 Å². The summed E-state index contributed by atoms with van der Waals surface area (Å²) in [4.78, 5) is 4.36. The molecule has 0 aromatic heterocycles. The third kappa shape index (κ3) is 5.41. The number of nitrogens with zero attached hydrogens (tertiary/aromatic N) is 1. The van der Waals surface area contributed by atoms with Crippen molar-refractivity contribution >= 4 is 27.6 Å². The van der Waals surface area contributed by atoms with E-state index < -0.39 is 0 Å². The van der Waals surface area contributed by atoms with Crippen LogP contribution in [0.25, 0.3) is 0 Å². The van der Waals surface area contributed by atoms with Crippen molar-refractivity contribution in [2.45, 2.75) is 6.54 Å². The molecule has 2 aromatic rings. The van der Waals surface area contributed by atoms with E-state index in [-0.39, 0.29) is 18.1 Å². The number of aromatic hydroxyl groups is 1. The molecule has 2 rings (SSSR count). The van der Waals surface area contributed by atoms with Crippen LogP contribution in [0.1, 0.15) is 5.56 Å². The minimum atomic E-state index is -0.308. The Hall–Kier alpha value is -2.34. The summed E-state index contributed by atoms with van der Waals surface area (Å²) in [5.41, 5.74) is 1.16. The average molecular weight is 378 g/mol. The van der Waals surface area contributed by atoms with E-state index in [0.717, 1.165) is 4.47 Å². The van der Waals surface area contributed by atoms with Gasteiger partial charge in [0.2, 0.25) is 0 Å². The molecule has 0 aliphatic heterocycles. The number of halogens is 2. The summed E-state index contributed by atoms with van der Waals surface area (Å²) in [6, 6.07) is 11.4. The van der Waals surface area contributed by atoms with Gasteiger partial charge < -0.3 is 15.7 Å². The van der Waals surface area contributed by atoms with Crippen LogP contribution >= 0.6 is 15.9 Å². The second-order valence-electron chi connectivity index (χ2n) is 4.75. The second kappa shape index (κ2) is 8.33. The van der Waals surface area contributed by atoms with Crippen LogP contribution in [0.4, 0.5) is 10.1 Å². The van der Waals surface area contributed by atoms with E-state index in [1.165, 1.54) is 6.07 Å². The lowest BCUT2D eigenvalue weighted by atomic mass is 10.2. The Morgan fingerprint density at radius 1 is 1.30 bits per heavy atom. The molecule has 0 saturated carbocycles. The first-order valence-electron chi connectivity index (χ1n) is 6.97. The number of rotatable bonds is 5. The van der Waals surface area contributed by atoms with Crippen molar-refractivity contribution in [3.05, 3.63) is 71.0 Å². The number of guanidine groups is 1. The van der Waals surface area contributed by atoms with Gasteiger partial charge in [0.05, 0.1) is 6.54 Å². The molecule has 6 heteroatoms. The SMILES string of the molecule is C=CCNC(=NCc1cc(Br)ccc1F)Nc1cccc(O)c1. The van der Waals surface area contributed by atoms with E-state index in [2.05, 4.69) is 38.1 Å². The minimum absolute atomic E-state index is 0.149. The molecule has 0 saturated heterocycles. The van der Waals surface area contributed by atoms with Gasteiger partial charge in [-0.05, 0) is 30.3 Å². The summed E-state index contributed by atoms with van der Waals surface area (Å²) in [6.45, 7) is 4.33. The zero-order chi connectivity index (χ0) is 16.7. The van der Waals surface area contributed by atoms with Gasteiger partial charge in [0.1, 0.15) is 11.6 Å². The Bertz CT molecular complexity index is 719. The third-order valence-corrected chi connectivity index (χ3v) is 3.43. The number of phenolic OH excluding ortho intramolecular Hbond substituents is 1. The Kier molecular flexibility index (Phi) is 6.17. The first-order chi connectivity index (χ1) is 11.1. The van der Waals surface area contributed by atoms with Crippen molar-refractivity contribution in [3.63, 3.8) is 0 Å². The van der Waals surface area contributed by atoms with Crippen molar-refractivity contribution in [1.29, 1.82) is 0 Å². The van der Waals surface area contributed by atoms with Gasteiger partial charge in [-0.1, -0.05) is 28.1 Å². The molecule has 0 atom stereocenters. The molecule has 0 amide bonds. The summed E-state index contributed by atoms with van der Waals surface area (Å²) < 4.78 is 14.6. The number of phenols is 1. The van der Waals surface area contributed by atoms with Crippen molar-refractivity contribution in [2.24, 2.45) is 4.99 Å². The van der Waals surface area contributed by atoms with Crippen molar-refractivity contribution < 1.29 is 9.50 Å². The normalized spacial score (nSPS) is 11.1. The molecule has 0 fully saturated rings. The van der Waals surface area contributed by atoms with E-state index in [1.807, 2.05) is 0 Å². The van der Waals surface area contributed by atoms with Crippen LogP contribution in [-0.4, -0.2) is 17.6 Å². The zero-order valence-corrected chi connectivity index (χ0v) is 14.0. The average Bonchev–Trinajstić information content (AvgIpc) is 2.53. The van der Waals surface area contributed by atoms with Gasteiger partial charge in [0.25, 0.3) is 0 Å². The summed E-state index contributed by atoms with van der Waals surface area (Å²) in [7, 11) is 0. The predicted molar refractivity (Wildman–Crippen MR) is 95.2 cm³/mol. The van der Waals surface area contributed by atoms with E-state index >= 15 is 0 Å². The molecular formula is C17H17BrFN3O. The van der Waals surface area contributed by atoms with Crippen LogP contribution in [0, 0.1) is 5.82 Å². The van der Waals surface area contributed by atoms with Gasteiger partial charge in [0.15, 0.2) is 5.96 Å². The third-order valence-electron chi connectivity index (χ3n) is 2.94. The smallest absolute Gasteiger partial charge is 0.196 e. The standard InChI is InChI=1S/C17H17BrFN3O/c1-2-8-20-17(22-14-4-3-5-15(23)10-14)21-11-12-9-13(18)6-7-16(12)19/h2-7,9-10,23H,1,8,11H2,(H2,20,21,22). The van der Waals surface area contributed by atoms with E-state index in [4.69, 9.17) is 0 Å². The number of anilines is 1. The number of aliphatic imine (C=N–C) groups is 1. The Labute approximate surface area is 142 Å². The topological polar surface area (TPSA) is 56.7 Å². The molecule has 0 unspecified atom stereocenters. The largest absolute Gasteiger partial charge is 0.508 e. The monoisotopic (exact) mass is 377 g/mol. The molecule has 0 radical (unpaired) electrons. The number of benzene rings is 2. The summed E-state index contributed by atoms with van der Waals surface area (Å²) in [6.07, 6.45) is 1.69. The van der Waals surface area contributed by atoms with Gasteiger partial charge in [-0.2, -0.15) is 0 Å². The second-order valence-corrected chi connectivity index (χ2v) is 5.66.